The van der Waals surface area contributed by atoms with Gasteiger partial charge in [0.25, 0.3) is 0 Å². The lowest BCUT2D eigenvalue weighted by atomic mass is 10.0. The van der Waals surface area contributed by atoms with E-state index in [1.54, 1.807) is 6.26 Å². The summed E-state index contributed by atoms with van der Waals surface area (Å²) in [5.74, 6) is 2.14. The van der Waals surface area contributed by atoms with Crippen molar-refractivity contribution in [1.82, 2.24) is 14.6 Å². The van der Waals surface area contributed by atoms with Crippen LogP contribution in [0.4, 0.5) is 0 Å². The van der Waals surface area contributed by atoms with Crippen LogP contribution in [0, 0.1) is 12.8 Å². The van der Waals surface area contributed by atoms with Crippen LogP contribution in [-0.4, -0.2) is 14.6 Å². The third-order valence-electron chi connectivity index (χ3n) is 4.07. The van der Waals surface area contributed by atoms with E-state index in [2.05, 4.69) is 81.1 Å². The molecule has 0 fully saturated rings. The molecule has 0 atom stereocenters. The number of nitrogens with zero attached hydrogens (tertiary/aromatic N) is 3. The van der Waals surface area contributed by atoms with Crippen LogP contribution in [0.3, 0.4) is 0 Å². The number of pyridine rings is 1. The van der Waals surface area contributed by atoms with Crippen molar-refractivity contribution in [2.24, 2.45) is 5.92 Å². The van der Waals surface area contributed by atoms with Crippen LogP contribution in [-0.2, 0) is 6.42 Å². The summed E-state index contributed by atoms with van der Waals surface area (Å²) in [4.78, 5) is 4.64. The monoisotopic (exact) mass is 361 g/mol. The second kappa shape index (κ2) is 8.21. The Balaban J connectivity index is 0.000000481. The zero-order valence-electron chi connectivity index (χ0n) is 16.7. The fraction of sp³-hybridized carbons (Fsp3) is 0.304. The Labute approximate surface area is 160 Å². The molecule has 0 aliphatic heterocycles. The summed E-state index contributed by atoms with van der Waals surface area (Å²) in [6, 6.07) is 16.4. The van der Waals surface area contributed by atoms with E-state index in [1.165, 1.54) is 16.7 Å². The molecule has 0 aliphatic rings. The van der Waals surface area contributed by atoms with Gasteiger partial charge < -0.3 is 4.42 Å². The Morgan fingerprint density at radius 2 is 1.78 bits per heavy atom. The van der Waals surface area contributed by atoms with Gasteiger partial charge in [-0.15, -0.1) is 5.10 Å². The summed E-state index contributed by atoms with van der Waals surface area (Å²) >= 11 is 0. The molecule has 3 heterocycles. The first kappa shape index (κ1) is 18.9. The van der Waals surface area contributed by atoms with Crippen LogP contribution in [0.2, 0.25) is 0 Å². The molecule has 0 radical (unpaired) electrons. The van der Waals surface area contributed by atoms with Gasteiger partial charge in [0.15, 0.2) is 11.4 Å². The summed E-state index contributed by atoms with van der Waals surface area (Å²) < 4.78 is 7.32. The van der Waals surface area contributed by atoms with Gasteiger partial charge in [0.05, 0.1) is 6.26 Å². The first-order chi connectivity index (χ1) is 13.0. The number of hydrogen-bond acceptors (Lipinski definition) is 3. The quantitative estimate of drug-likeness (QED) is 0.437. The average molecular weight is 361 g/mol. The third-order valence-corrected chi connectivity index (χ3v) is 4.07. The number of rotatable bonds is 3. The molecule has 4 aromatic rings. The number of aromatic nitrogens is 3. The zero-order chi connectivity index (χ0) is 19.4. The summed E-state index contributed by atoms with van der Waals surface area (Å²) in [6.45, 7) is 10.8. The van der Waals surface area contributed by atoms with Gasteiger partial charge in [-0.3, -0.25) is 0 Å². The highest BCUT2D eigenvalue weighted by atomic mass is 16.3. The maximum Gasteiger partial charge on any atom is 0.217 e. The highest BCUT2D eigenvalue weighted by Gasteiger charge is 2.13. The van der Waals surface area contributed by atoms with E-state index in [4.69, 9.17) is 4.42 Å². The fourth-order valence-electron chi connectivity index (χ4n) is 2.86. The molecule has 0 N–H and O–H groups in total. The molecule has 4 nitrogen and oxygen atoms in total. The van der Waals surface area contributed by atoms with Crippen molar-refractivity contribution in [2.75, 3.05) is 0 Å². The van der Waals surface area contributed by atoms with Gasteiger partial charge in [0, 0.05) is 5.69 Å². The van der Waals surface area contributed by atoms with E-state index >= 15 is 0 Å². The van der Waals surface area contributed by atoms with E-state index < -0.39 is 0 Å². The third kappa shape index (κ3) is 4.27. The lowest BCUT2D eigenvalue weighted by Crippen LogP contribution is -1.98. The molecule has 0 unspecified atom stereocenters. The number of hydrogen-bond donors (Lipinski definition) is 0. The molecular formula is C23H27N3O. The summed E-state index contributed by atoms with van der Waals surface area (Å²) in [5.41, 5.74) is 5.63. The van der Waals surface area contributed by atoms with Crippen molar-refractivity contribution < 1.29 is 4.42 Å². The van der Waals surface area contributed by atoms with Crippen molar-refractivity contribution in [1.29, 1.82) is 0 Å². The second-order valence-electron chi connectivity index (χ2n) is 7.32. The van der Waals surface area contributed by atoms with Crippen LogP contribution in [0.25, 0.3) is 28.4 Å². The van der Waals surface area contributed by atoms with Crippen molar-refractivity contribution in [2.45, 2.75) is 41.0 Å². The van der Waals surface area contributed by atoms with Crippen LogP contribution < -0.4 is 0 Å². The Morgan fingerprint density at radius 1 is 1.04 bits per heavy atom. The molecule has 1 aromatic carbocycles. The van der Waals surface area contributed by atoms with Crippen molar-refractivity contribution in [3.05, 3.63) is 66.1 Å². The molecule has 0 amide bonds. The van der Waals surface area contributed by atoms with Crippen LogP contribution >= 0.6 is 0 Å². The van der Waals surface area contributed by atoms with Crippen molar-refractivity contribution in [3.63, 3.8) is 0 Å². The standard InChI is InChI=1S/C19H17N3O.C4H10/c1-3-15-11-14(16-8-5-4-7-13(16)2)12-18-20-19(21-22(15)18)17-9-6-10-23-17;1-4(2)3/h4-12H,3H2,1-2H3;4H,1-3H3. The predicted molar refractivity (Wildman–Crippen MR) is 111 cm³/mol. The fourth-order valence-corrected chi connectivity index (χ4v) is 2.86. The average Bonchev–Trinajstić information content (AvgIpc) is 3.30. The Hall–Kier alpha value is -2.88. The van der Waals surface area contributed by atoms with Gasteiger partial charge in [-0.1, -0.05) is 52.0 Å². The van der Waals surface area contributed by atoms with Crippen LogP contribution in [0.1, 0.15) is 39.0 Å². The van der Waals surface area contributed by atoms with E-state index in [0.717, 1.165) is 23.7 Å². The largest absolute Gasteiger partial charge is 0.461 e. The van der Waals surface area contributed by atoms with E-state index in [9.17, 15) is 0 Å². The van der Waals surface area contributed by atoms with Crippen molar-refractivity contribution >= 4 is 5.65 Å². The molecule has 0 saturated heterocycles. The summed E-state index contributed by atoms with van der Waals surface area (Å²) in [5, 5.41) is 4.59. The Kier molecular flexibility index (Phi) is 5.75. The maximum absolute atomic E-state index is 5.42. The summed E-state index contributed by atoms with van der Waals surface area (Å²) in [7, 11) is 0. The minimum absolute atomic E-state index is 0.617. The van der Waals surface area contributed by atoms with Gasteiger partial charge in [0.1, 0.15) is 0 Å². The van der Waals surface area contributed by atoms with E-state index in [-0.39, 0.29) is 0 Å². The molecule has 4 heteroatoms. The number of benzene rings is 1. The lowest BCUT2D eigenvalue weighted by Gasteiger charge is -2.09. The van der Waals surface area contributed by atoms with Gasteiger partial charge in [-0.2, -0.15) is 0 Å². The van der Waals surface area contributed by atoms with E-state index in [0.29, 0.717) is 11.6 Å². The molecule has 3 aromatic heterocycles. The minimum Gasteiger partial charge on any atom is -0.461 e. The van der Waals surface area contributed by atoms with Crippen LogP contribution in [0.15, 0.2) is 59.2 Å². The molecule has 140 valence electrons. The SMILES string of the molecule is CC(C)C.CCc1cc(-c2ccccc2C)cc2nc(-c3ccco3)nn12. The van der Waals surface area contributed by atoms with Gasteiger partial charge >= 0.3 is 0 Å². The Bertz CT molecular complexity index is 1010. The molecule has 0 aliphatic carbocycles. The van der Waals surface area contributed by atoms with Gasteiger partial charge in [0.2, 0.25) is 5.82 Å². The molecular weight excluding hydrogens is 334 g/mol. The predicted octanol–water partition coefficient (Wildman–Crippen LogP) is 6.19. The molecule has 4 rings (SSSR count). The smallest absolute Gasteiger partial charge is 0.217 e. The first-order valence-electron chi connectivity index (χ1n) is 9.49. The normalized spacial score (nSPS) is 10.9. The minimum atomic E-state index is 0.617. The Morgan fingerprint density at radius 3 is 2.41 bits per heavy atom. The lowest BCUT2D eigenvalue weighted by molar-refractivity contribution is 0.577. The zero-order valence-corrected chi connectivity index (χ0v) is 16.7. The highest BCUT2D eigenvalue weighted by Crippen LogP contribution is 2.27. The van der Waals surface area contributed by atoms with Gasteiger partial charge in [-0.05, 0) is 60.2 Å². The maximum atomic E-state index is 5.42. The van der Waals surface area contributed by atoms with E-state index in [1.807, 2.05) is 16.6 Å². The van der Waals surface area contributed by atoms with Crippen molar-refractivity contribution in [3.8, 4) is 22.7 Å². The number of aryl methyl sites for hydroxylation is 2. The molecule has 0 spiro atoms. The molecule has 0 bridgehead atoms. The first-order valence-corrected chi connectivity index (χ1v) is 9.49. The topological polar surface area (TPSA) is 43.3 Å². The number of fused-ring (bicyclic) bond motifs is 1. The molecule has 27 heavy (non-hydrogen) atoms. The van der Waals surface area contributed by atoms with Gasteiger partial charge in [-0.25, -0.2) is 9.50 Å². The highest BCUT2D eigenvalue weighted by molar-refractivity contribution is 5.71. The van der Waals surface area contributed by atoms with Crippen LogP contribution in [0.5, 0.6) is 0 Å². The second-order valence-corrected chi connectivity index (χ2v) is 7.32. The number of furan rings is 1. The molecule has 0 saturated carbocycles. The summed E-state index contributed by atoms with van der Waals surface area (Å²) in [6.07, 6.45) is 2.53.